The minimum absolute atomic E-state index is 0.282. The first-order valence-electron chi connectivity index (χ1n) is 8.76. The van der Waals surface area contributed by atoms with Crippen LogP contribution in [0.4, 0.5) is 5.82 Å². The Hall–Kier alpha value is -3.44. The number of aryl methyl sites for hydroxylation is 1. The summed E-state index contributed by atoms with van der Waals surface area (Å²) in [5.41, 5.74) is 3.91. The van der Waals surface area contributed by atoms with E-state index in [0.717, 1.165) is 16.8 Å². The van der Waals surface area contributed by atoms with Crippen molar-refractivity contribution < 1.29 is 4.79 Å². The summed E-state index contributed by atoms with van der Waals surface area (Å²) in [6, 6.07) is 20.9. The number of nitrogens with zero attached hydrogens (tertiary/aromatic N) is 3. The Kier molecular flexibility index (Phi) is 4.91. The molecule has 0 spiro atoms. The van der Waals surface area contributed by atoms with Crippen LogP contribution in [0, 0.1) is 6.92 Å². The van der Waals surface area contributed by atoms with Crippen LogP contribution in [-0.2, 0) is 0 Å². The van der Waals surface area contributed by atoms with Crippen molar-refractivity contribution in [2.75, 3.05) is 5.32 Å². The maximum absolute atomic E-state index is 13.0. The highest BCUT2D eigenvalue weighted by Gasteiger charge is 2.20. The first-order valence-corrected chi connectivity index (χ1v) is 9.13. The summed E-state index contributed by atoms with van der Waals surface area (Å²) >= 11 is 5.87. The van der Waals surface area contributed by atoms with E-state index in [9.17, 15) is 4.79 Å². The quantitative estimate of drug-likeness (QED) is 0.526. The minimum Gasteiger partial charge on any atom is -0.306 e. The minimum atomic E-state index is -0.282. The number of para-hydroxylation sites is 1. The number of aromatic nitrogens is 3. The van der Waals surface area contributed by atoms with Gasteiger partial charge in [0.1, 0.15) is 11.5 Å². The van der Waals surface area contributed by atoms with Crippen molar-refractivity contribution in [3.8, 4) is 16.9 Å². The van der Waals surface area contributed by atoms with Crippen LogP contribution in [-0.4, -0.2) is 20.7 Å². The standard InChI is InChI=1S/C22H17ClN4O/c1-15-7-5-6-10-18(15)21-19(14-27(26-21)17-8-3-2-4-9-17)22(28)25-20-12-11-16(23)13-24-20/h2-14H,1H3,(H,24,25,28). The Labute approximate surface area is 167 Å². The molecule has 138 valence electrons. The number of anilines is 1. The fourth-order valence-electron chi connectivity index (χ4n) is 2.92. The summed E-state index contributed by atoms with van der Waals surface area (Å²) in [5, 5.41) is 8.03. The van der Waals surface area contributed by atoms with E-state index in [1.807, 2.05) is 61.5 Å². The zero-order chi connectivity index (χ0) is 19.5. The van der Waals surface area contributed by atoms with Crippen LogP contribution in [0.15, 0.2) is 79.1 Å². The first kappa shape index (κ1) is 17.9. The van der Waals surface area contributed by atoms with Gasteiger partial charge < -0.3 is 5.32 Å². The molecule has 0 aliphatic carbocycles. The van der Waals surface area contributed by atoms with Gasteiger partial charge in [0.15, 0.2) is 0 Å². The van der Waals surface area contributed by atoms with Crippen molar-refractivity contribution >= 4 is 23.3 Å². The van der Waals surface area contributed by atoms with Crippen LogP contribution in [0.5, 0.6) is 0 Å². The smallest absolute Gasteiger partial charge is 0.260 e. The maximum Gasteiger partial charge on any atom is 0.260 e. The molecule has 2 aromatic heterocycles. The molecule has 0 atom stereocenters. The normalized spacial score (nSPS) is 10.6. The lowest BCUT2D eigenvalue weighted by atomic mass is 10.0. The second-order valence-corrected chi connectivity index (χ2v) is 6.74. The third kappa shape index (κ3) is 3.66. The van der Waals surface area contributed by atoms with Gasteiger partial charge in [0.05, 0.1) is 16.3 Å². The van der Waals surface area contributed by atoms with Crippen LogP contribution < -0.4 is 5.32 Å². The van der Waals surface area contributed by atoms with Crippen molar-refractivity contribution in [1.82, 2.24) is 14.8 Å². The molecule has 1 N–H and O–H groups in total. The summed E-state index contributed by atoms with van der Waals surface area (Å²) in [4.78, 5) is 17.1. The molecule has 0 radical (unpaired) electrons. The first-order chi connectivity index (χ1) is 13.6. The van der Waals surface area contributed by atoms with Crippen molar-refractivity contribution in [1.29, 1.82) is 0 Å². The van der Waals surface area contributed by atoms with Gasteiger partial charge in [-0.15, -0.1) is 0 Å². The Bertz CT molecular complexity index is 1120. The van der Waals surface area contributed by atoms with E-state index in [2.05, 4.69) is 10.3 Å². The lowest BCUT2D eigenvalue weighted by Gasteiger charge is -2.06. The number of carbonyl (C=O) groups is 1. The largest absolute Gasteiger partial charge is 0.306 e. The molecule has 2 aromatic carbocycles. The van der Waals surface area contributed by atoms with Crippen LogP contribution in [0.3, 0.4) is 0 Å². The topological polar surface area (TPSA) is 59.8 Å². The van der Waals surface area contributed by atoms with Crippen molar-refractivity contribution in [2.45, 2.75) is 6.92 Å². The fourth-order valence-corrected chi connectivity index (χ4v) is 3.04. The molecule has 4 aromatic rings. The van der Waals surface area contributed by atoms with E-state index < -0.39 is 0 Å². The molecular formula is C22H17ClN4O. The number of halogens is 1. The maximum atomic E-state index is 13.0. The molecule has 0 saturated heterocycles. The molecule has 2 heterocycles. The van der Waals surface area contributed by atoms with Crippen molar-refractivity contribution in [3.63, 3.8) is 0 Å². The predicted molar refractivity (Wildman–Crippen MR) is 111 cm³/mol. The summed E-state index contributed by atoms with van der Waals surface area (Å²) in [7, 11) is 0. The third-order valence-electron chi connectivity index (χ3n) is 4.35. The van der Waals surface area contributed by atoms with Crippen LogP contribution in [0.2, 0.25) is 5.02 Å². The Morgan fingerprint density at radius 2 is 1.75 bits per heavy atom. The Morgan fingerprint density at radius 1 is 1.00 bits per heavy atom. The van der Waals surface area contributed by atoms with E-state index in [0.29, 0.717) is 22.1 Å². The van der Waals surface area contributed by atoms with Gasteiger partial charge in [-0.1, -0.05) is 54.1 Å². The van der Waals surface area contributed by atoms with E-state index in [1.165, 1.54) is 6.20 Å². The number of benzene rings is 2. The number of hydrogen-bond donors (Lipinski definition) is 1. The number of pyridine rings is 1. The average Bonchev–Trinajstić information content (AvgIpc) is 3.16. The summed E-state index contributed by atoms with van der Waals surface area (Å²) in [6.07, 6.45) is 3.23. The molecule has 0 saturated carbocycles. The highest BCUT2D eigenvalue weighted by Crippen LogP contribution is 2.27. The van der Waals surface area contributed by atoms with E-state index in [-0.39, 0.29) is 5.91 Å². The Morgan fingerprint density at radius 3 is 2.46 bits per heavy atom. The average molecular weight is 389 g/mol. The van der Waals surface area contributed by atoms with Crippen LogP contribution in [0.25, 0.3) is 16.9 Å². The lowest BCUT2D eigenvalue weighted by Crippen LogP contribution is -2.13. The van der Waals surface area contributed by atoms with Crippen LogP contribution >= 0.6 is 11.6 Å². The zero-order valence-corrected chi connectivity index (χ0v) is 15.9. The van der Waals surface area contributed by atoms with Gasteiger partial charge in [0.2, 0.25) is 0 Å². The van der Waals surface area contributed by atoms with Gasteiger partial charge in [-0.25, -0.2) is 9.67 Å². The van der Waals surface area contributed by atoms with Gasteiger partial charge in [-0.05, 0) is 36.8 Å². The lowest BCUT2D eigenvalue weighted by molar-refractivity contribution is 0.102. The summed E-state index contributed by atoms with van der Waals surface area (Å²) in [6.45, 7) is 2.00. The van der Waals surface area contributed by atoms with Crippen molar-refractivity contribution in [3.05, 3.63) is 95.3 Å². The van der Waals surface area contributed by atoms with Crippen LogP contribution in [0.1, 0.15) is 15.9 Å². The summed E-state index contributed by atoms with van der Waals surface area (Å²) in [5.74, 6) is 0.146. The number of hydrogen-bond acceptors (Lipinski definition) is 3. The van der Waals surface area contributed by atoms with Gasteiger partial charge >= 0.3 is 0 Å². The number of nitrogens with one attached hydrogen (secondary N) is 1. The van der Waals surface area contributed by atoms with Gasteiger partial charge in [-0.2, -0.15) is 5.10 Å². The van der Waals surface area contributed by atoms with Gasteiger partial charge in [0.25, 0.3) is 5.91 Å². The number of amides is 1. The predicted octanol–water partition coefficient (Wildman–Crippen LogP) is 5.15. The molecule has 0 bridgehead atoms. The second-order valence-electron chi connectivity index (χ2n) is 6.30. The van der Waals surface area contributed by atoms with Gasteiger partial charge in [0, 0.05) is 18.0 Å². The van der Waals surface area contributed by atoms with E-state index in [4.69, 9.17) is 16.7 Å². The number of carbonyl (C=O) groups excluding carboxylic acids is 1. The summed E-state index contributed by atoms with van der Waals surface area (Å²) < 4.78 is 1.71. The van der Waals surface area contributed by atoms with Gasteiger partial charge in [-0.3, -0.25) is 4.79 Å². The molecule has 1 amide bonds. The monoisotopic (exact) mass is 388 g/mol. The molecule has 0 unspecified atom stereocenters. The molecule has 28 heavy (non-hydrogen) atoms. The second kappa shape index (κ2) is 7.66. The molecular weight excluding hydrogens is 372 g/mol. The number of rotatable bonds is 4. The molecule has 0 aliphatic rings. The zero-order valence-electron chi connectivity index (χ0n) is 15.1. The molecule has 4 rings (SSSR count). The van der Waals surface area contributed by atoms with Crippen molar-refractivity contribution in [2.24, 2.45) is 0 Å². The SMILES string of the molecule is Cc1ccccc1-c1nn(-c2ccccc2)cc1C(=O)Nc1ccc(Cl)cn1. The molecule has 0 fully saturated rings. The highest BCUT2D eigenvalue weighted by molar-refractivity contribution is 6.30. The Balaban J connectivity index is 1.78. The molecule has 5 nitrogen and oxygen atoms in total. The molecule has 0 aliphatic heterocycles. The molecule has 6 heteroatoms. The third-order valence-corrected chi connectivity index (χ3v) is 4.57. The van der Waals surface area contributed by atoms with E-state index in [1.54, 1.807) is 23.0 Å². The fraction of sp³-hybridized carbons (Fsp3) is 0.0455. The highest BCUT2D eigenvalue weighted by atomic mass is 35.5. The van der Waals surface area contributed by atoms with E-state index >= 15 is 0 Å².